The summed E-state index contributed by atoms with van der Waals surface area (Å²) in [6.07, 6.45) is 1.41. The molecule has 1 fully saturated rings. The van der Waals surface area contributed by atoms with Crippen molar-refractivity contribution >= 4 is 17.4 Å². The Bertz CT molecular complexity index is 1090. The topological polar surface area (TPSA) is 76.1 Å². The highest BCUT2D eigenvalue weighted by Gasteiger charge is 2.45. The van der Waals surface area contributed by atoms with Gasteiger partial charge in [0.2, 0.25) is 0 Å². The van der Waals surface area contributed by atoms with E-state index in [1.807, 2.05) is 43.3 Å². The second-order valence-electron chi connectivity index (χ2n) is 9.12. The molecule has 2 aliphatic rings. The van der Waals surface area contributed by atoms with Crippen LogP contribution in [0.15, 0.2) is 48.0 Å². The van der Waals surface area contributed by atoms with Crippen LogP contribution < -0.4 is 4.74 Å². The molecule has 0 radical (unpaired) electrons. The summed E-state index contributed by atoms with van der Waals surface area (Å²) in [6.45, 7) is 7.06. The fraction of sp³-hybridized carbons (Fsp3) is 0.407. The van der Waals surface area contributed by atoms with Gasteiger partial charge in [-0.3, -0.25) is 9.59 Å². The van der Waals surface area contributed by atoms with Crippen molar-refractivity contribution in [1.29, 1.82) is 0 Å². The maximum atomic E-state index is 13.1. The van der Waals surface area contributed by atoms with Gasteiger partial charge in [-0.15, -0.1) is 0 Å². The number of aliphatic hydroxyl groups is 1. The molecule has 1 N–H and O–H groups in total. The Kier molecular flexibility index (Phi) is 6.56. The first-order valence-corrected chi connectivity index (χ1v) is 11.5. The molecule has 0 aliphatic carbocycles. The normalized spacial score (nSPS) is 21.5. The highest BCUT2D eigenvalue weighted by molar-refractivity contribution is 6.46. The van der Waals surface area contributed by atoms with Gasteiger partial charge in [0, 0.05) is 32.2 Å². The predicted octanol–water partition coefficient (Wildman–Crippen LogP) is 4.59. The number of likely N-dealkylation sites (tertiary alicyclic amines) is 1. The molecule has 2 atom stereocenters. The van der Waals surface area contributed by atoms with E-state index in [2.05, 4.69) is 13.8 Å². The van der Waals surface area contributed by atoms with E-state index in [-0.39, 0.29) is 17.4 Å². The van der Waals surface area contributed by atoms with Gasteiger partial charge in [-0.05, 0) is 54.2 Å². The number of methoxy groups -OCH3 is 1. The first kappa shape index (κ1) is 23.1. The average molecular weight is 450 g/mol. The highest BCUT2D eigenvalue weighted by atomic mass is 16.5. The molecule has 2 aromatic carbocycles. The van der Waals surface area contributed by atoms with Gasteiger partial charge in [0.1, 0.15) is 17.6 Å². The Morgan fingerprint density at radius 1 is 1.18 bits per heavy atom. The molecule has 2 aromatic rings. The minimum absolute atomic E-state index is 0.0724. The van der Waals surface area contributed by atoms with Crippen LogP contribution in [0, 0.1) is 0 Å². The number of ether oxygens (including phenoxy) is 2. The van der Waals surface area contributed by atoms with E-state index in [4.69, 9.17) is 9.47 Å². The summed E-state index contributed by atoms with van der Waals surface area (Å²) in [7, 11) is 1.61. The van der Waals surface area contributed by atoms with Crippen molar-refractivity contribution in [2.24, 2.45) is 0 Å². The number of ketones is 1. The maximum Gasteiger partial charge on any atom is 0.295 e. The van der Waals surface area contributed by atoms with E-state index in [9.17, 15) is 14.7 Å². The number of carbonyl (C=O) groups is 2. The Labute approximate surface area is 194 Å². The largest absolute Gasteiger partial charge is 0.507 e. The zero-order valence-corrected chi connectivity index (χ0v) is 19.6. The van der Waals surface area contributed by atoms with E-state index in [1.165, 1.54) is 5.56 Å². The van der Waals surface area contributed by atoms with E-state index >= 15 is 0 Å². The number of hydrogen-bond donors (Lipinski definition) is 1. The lowest BCUT2D eigenvalue weighted by atomic mass is 9.92. The van der Waals surface area contributed by atoms with E-state index in [1.54, 1.807) is 18.1 Å². The van der Waals surface area contributed by atoms with E-state index in [0.717, 1.165) is 23.3 Å². The van der Waals surface area contributed by atoms with Gasteiger partial charge >= 0.3 is 0 Å². The molecule has 0 bridgehead atoms. The van der Waals surface area contributed by atoms with Crippen LogP contribution in [0.4, 0.5) is 0 Å². The summed E-state index contributed by atoms with van der Waals surface area (Å²) >= 11 is 0. The number of amides is 1. The molecule has 33 heavy (non-hydrogen) atoms. The van der Waals surface area contributed by atoms with Crippen molar-refractivity contribution in [3.05, 3.63) is 70.3 Å². The molecule has 6 nitrogen and oxygen atoms in total. The summed E-state index contributed by atoms with van der Waals surface area (Å²) in [5.41, 5.74) is 3.60. The van der Waals surface area contributed by atoms with Gasteiger partial charge < -0.3 is 19.5 Å². The third-order valence-electron chi connectivity index (χ3n) is 6.38. The van der Waals surface area contributed by atoms with Crippen LogP contribution in [0.3, 0.4) is 0 Å². The van der Waals surface area contributed by atoms with Gasteiger partial charge in [-0.25, -0.2) is 0 Å². The molecule has 1 amide bonds. The Morgan fingerprint density at radius 2 is 1.91 bits per heavy atom. The molecule has 4 rings (SSSR count). The van der Waals surface area contributed by atoms with Crippen molar-refractivity contribution in [2.45, 2.75) is 51.7 Å². The third-order valence-corrected chi connectivity index (χ3v) is 6.38. The van der Waals surface area contributed by atoms with Crippen molar-refractivity contribution in [1.82, 2.24) is 4.90 Å². The lowest BCUT2D eigenvalue weighted by molar-refractivity contribution is -0.140. The minimum Gasteiger partial charge on any atom is -0.507 e. The fourth-order valence-corrected chi connectivity index (χ4v) is 4.62. The number of rotatable bonds is 7. The van der Waals surface area contributed by atoms with Gasteiger partial charge in [-0.2, -0.15) is 0 Å². The number of benzene rings is 2. The number of carbonyl (C=O) groups excluding carboxylic acids is 2. The Morgan fingerprint density at radius 3 is 2.58 bits per heavy atom. The standard InChI is InChI=1S/C27H31NO5/c1-16(2)18-6-8-19(9-7-18)24-23(26(30)27(31)28(24)12-5-13-32-4)25(29)20-10-11-22-21(15-20)14-17(3)33-22/h6-11,15-17,24,29H,5,12-14H2,1-4H3. The van der Waals surface area contributed by atoms with Crippen LogP contribution in [0.1, 0.15) is 61.4 Å². The van der Waals surface area contributed by atoms with Crippen LogP contribution in [-0.4, -0.2) is 48.1 Å². The third kappa shape index (κ3) is 4.40. The van der Waals surface area contributed by atoms with Crippen molar-refractivity contribution < 1.29 is 24.2 Å². The lowest BCUT2D eigenvalue weighted by Gasteiger charge is -2.25. The molecule has 2 heterocycles. The zero-order valence-electron chi connectivity index (χ0n) is 19.6. The van der Waals surface area contributed by atoms with E-state index < -0.39 is 17.7 Å². The molecule has 1 saturated heterocycles. The summed E-state index contributed by atoms with van der Waals surface area (Å²) in [6, 6.07) is 12.7. The number of aliphatic hydroxyl groups excluding tert-OH is 1. The molecule has 0 spiro atoms. The highest BCUT2D eigenvalue weighted by Crippen LogP contribution is 2.41. The first-order chi connectivity index (χ1) is 15.8. The fourth-order valence-electron chi connectivity index (χ4n) is 4.62. The Balaban J connectivity index is 1.79. The van der Waals surface area contributed by atoms with Gasteiger partial charge in [0.15, 0.2) is 0 Å². The van der Waals surface area contributed by atoms with Gasteiger partial charge in [0.05, 0.1) is 11.6 Å². The molecular weight excluding hydrogens is 418 g/mol. The molecule has 174 valence electrons. The van der Waals surface area contributed by atoms with Crippen LogP contribution in [0.2, 0.25) is 0 Å². The van der Waals surface area contributed by atoms with Crippen molar-refractivity contribution in [2.75, 3.05) is 20.3 Å². The average Bonchev–Trinajstić information content (AvgIpc) is 3.29. The minimum atomic E-state index is -0.659. The molecule has 2 unspecified atom stereocenters. The van der Waals surface area contributed by atoms with Crippen molar-refractivity contribution in [3.8, 4) is 5.75 Å². The van der Waals surface area contributed by atoms with Crippen LogP contribution in [0.5, 0.6) is 5.75 Å². The molecule has 0 aromatic heterocycles. The van der Waals surface area contributed by atoms with Gasteiger partial charge in [0.25, 0.3) is 11.7 Å². The van der Waals surface area contributed by atoms with Crippen LogP contribution in [0.25, 0.3) is 5.76 Å². The predicted molar refractivity (Wildman–Crippen MR) is 126 cm³/mol. The summed E-state index contributed by atoms with van der Waals surface area (Å²) in [4.78, 5) is 27.7. The SMILES string of the molecule is COCCCN1C(=O)C(=O)C(=C(O)c2ccc3c(c2)CC(C)O3)C1c1ccc(C(C)C)cc1. The number of Topliss-reactive ketones (excluding diaryl/α,β-unsaturated/α-hetero) is 1. The second kappa shape index (κ2) is 9.40. The lowest BCUT2D eigenvalue weighted by Crippen LogP contribution is -2.31. The number of hydrogen-bond acceptors (Lipinski definition) is 5. The molecule has 6 heteroatoms. The quantitative estimate of drug-likeness (QED) is 0.290. The number of nitrogens with zero attached hydrogens (tertiary/aromatic N) is 1. The van der Waals surface area contributed by atoms with E-state index in [0.29, 0.717) is 31.1 Å². The molecule has 2 aliphatic heterocycles. The van der Waals surface area contributed by atoms with Crippen LogP contribution in [-0.2, 0) is 20.7 Å². The van der Waals surface area contributed by atoms with Crippen molar-refractivity contribution in [3.63, 3.8) is 0 Å². The molecule has 0 saturated carbocycles. The van der Waals surface area contributed by atoms with Gasteiger partial charge in [-0.1, -0.05) is 38.1 Å². The summed E-state index contributed by atoms with van der Waals surface area (Å²) in [5, 5.41) is 11.3. The first-order valence-electron chi connectivity index (χ1n) is 11.5. The summed E-state index contributed by atoms with van der Waals surface area (Å²) < 4.78 is 10.9. The maximum absolute atomic E-state index is 13.1. The summed E-state index contributed by atoms with van der Waals surface area (Å²) in [5.74, 6) is -0.248. The molecular formula is C27H31NO5. The zero-order chi connectivity index (χ0) is 23.7. The Hall–Kier alpha value is -3.12. The second-order valence-corrected chi connectivity index (χ2v) is 9.12. The smallest absolute Gasteiger partial charge is 0.295 e. The monoisotopic (exact) mass is 449 g/mol. The van der Waals surface area contributed by atoms with Crippen LogP contribution >= 0.6 is 0 Å². The number of fused-ring (bicyclic) bond motifs is 1.